The van der Waals surface area contributed by atoms with Crippen molar-refractivity contribution < 1.29 is 8.42 Å². The fourth-order valence-corrected chi connectivity index (χ4v) is 4.91. The van der Waals surface area contributed by atoms with Gasteiger partial charge in [0.05, 0.1) is 0 Å². The SMILES string of the molecule is CCc1ccc(S(=O)(=O)NCC2(N)CCCCC2)s1. The summed E-state index contributed by atoms with van der Waals surface area (Å²) in [6.07, 6.45) is 6.06. The third-order valence-corrected chi connectivity index (χ3v) is 6.84. The molecule has 1 heterocycles. The number of hydrogen-bond acceptors (Lipinski definition) is 4. The molecule has 3 N–H and O–H groups in total. The summed E-state index contributed by atoms with van der Waals surface area (Å²) >= 11 is 1.33. The van der Waals surface area contributed by atoms with E-state index in [2.05, 4.69) is 4.72 Å². The molecule has 1 fully saturated rings. The van der Waals surface area contributed by atoms with Gasteiger partial charge in [-0.25, -0.2) is 13.1 Å². The third-order valence-electron chi connectivity index (χ3n) is 3.71. The Morgan fingerprint density at radius 3 is 2.58 bits per heavy atom. The average Bonchev–Trinajstić information content (AvgIpc) is 2.87. The van der Waals surface area contributed by atoms with E-state index in [-0.39, 0.29) is 5.54 Å². The summed E-state index contributed by atoms with van der Waals surface area (Å²) in [6, 6.07) is 3.55. The maximum Gasteiger partial charge on any atom is 0.250 e. The maximum absolute atomic E-state index is 12.2. The molecule has 1 aromatic heterocycles. The fourth-order valence-electron chi connectivity index (χ4n) is 2.44. The Bertz CT molecular complexity index is 517. The van der Waals surface area contributed by atoms with Crippen LogP contribution in [0.3, 0.4) is 0 Å². The van der Waals surface area contributed by atoms with Crippen molar-refractivity contribution >= 4 is 21.4 Å². The number of sulfonamides is 1. The lowest BCUT2D eigenvalue weighted by atomic mass is 9.83. The van der Waals surface area contributed by atoms with Gasteiger partial charge in [0.25, 0.3) is 0 Å². The van der Waals surface area contributed by atoms with Crippen molar-refractivity contribution in [1.29, 1.82) is 0 Å². The van der Waals surface area contributed by atoms with E-state index >= 15 is 0 Å². The Balaban J connectivity index is 2.01. The molecule has 0 aliphatic heterocycles. The van der Waals surface area contributed by atoms with Gasteiger partial charge in [-0.15, -0.1) is 11.3 Å². The molecule has 0 spiro atoms. The van der Waals surface area contributed by atoms with Gasteiger partial charge < -0.3 is 5.73 Å². The molecule has 0 radical (unpaired) electrons. The summed E-state index contributed by atoms with van der Waals surface area (Å²) < 4.78 is 27.5. The lowest BCUT2D eigenvalue weighted by Crippen LogP contribution is -2.51. The van der Waals surface area contributed by atoms with E-state index in [4.69, 9.17) is 5.73 Å². The second-order valence-corrected chi connectivity index (χ2v) is 8.48. The van der Waals surface area contributed by atoms with Crippen molar-refractivity contribution in [3.8, 4) is 0 Å². The number of rotatable bonds is 5. The molecular formula is C13H22N2O2S2. The lowest BCUT2D eigenvalue weighted by Gasteiger charge is -2.33. The van der Waals surface area contributed by atoms with E-state index in [1.807, 2.05) is 13.0 Å². The second kappa shape index (κ2) is 5.91. The Hall–Kier alpha value is -0.430. The summed E-state index contributed by atoms with van der Waals surface area (Å²) in [5.74, 6) is 0. The summed E-state index contributed by atoms with van der Waals surface area (Å²) in [5.41, 5.74) is 5.89. The monoisotopic (exact) mass is 302 g/mol. The predicted molar refractivity (Wildman–Crippen MR) is 78.9 cm³/mol. The first-order chi connectivity index (χ1) is 8.95. The first-order valence-electron chi connectivity index (χ1n) is 6.82. The van der Waals surface area contributed by atoms with Crippen LogP contribution < -0.4 is 10.5 Å². The van der Waals surface area contributed by atoms with Gasteiger partial charge in [0.15, 0.2) is 0 Å². The quantitative estimate of drug-likeness (QED) is 0.876. The molecule has 1 aliphatic rings. The van der Waals surface area contributed by atoms with Gasteiger partial charge >= 0.3 is 0 Å². The van der Waals surface area contributed by atoms with Crippen LogP contribution in [-0.4, -0.2) is 20.5 Å². The van der Waals surface area contributed by atoms with Crippen molar-refractivity contribution in [2.24, 2.45) is 5.73 Å². The number of aryl methyl sites for hydroxylation is 1. The van der Waals surface area contributed by atoms with Gasteiger partial charge in [-0.3, -0.25) is 0 Å². The highest BCUT2D eigenvalue weighted by atomic mass is 32.2. The van der Waals surface area contributed by atoms with Crippen molar-refractivity contribution in [1.82, 2.24) is 4.72 Å². The Labute approximate surface area is 119 Å². The van der Waals surface area contributed by atoms with Crippen LogP contribution in [0.2, 0.25) is 0 Å². The molecular weight excluding hydrogens is 280 g/mol. The molecule has 19 heavy (non-hydrogen) atoms. The van der Waals surface area contributed by atoms with E-state index in [9.17, 15) is 8.42 Å². The van der Waals surface area contributed by atoms with Crippen LogP contribution in [0.1, 0.15) is 43.9 Å². The maximum atomic E-state index is 12.2. The minimum atomic E-state index is -3.40. The normalized spacial score (nSPS) is 19.5. The number of nitrogens with one attached hydrogen (secondary N) is 1. The molecule has 0 saturated heterocycles. The van der Waals surface area contributed by atoms with Crippen molar-refractivity contribution in [2.75, 3.05) is 6.54 Å². The van der Waals surface area contributed by atoms with Crippen LogP contribution >= 0.6 is 11.3 Å². The minimum absolute atomic E-state index is 0.342. The third kappa shape index (κ3) is 3.78. The first-order valence-corrected chi connectivity index (χ1v) is 9.12. The predicted octanol–water partition coefficient (Wildman–Crippen LogP) is 2.25. The highest BCUT2D eigenvalue weighted by molar-refractivity contribution is 7.91. The van der Waals surface area contributed by atoms with Gasteiger partial charge in [0.1, 0.15) is 4.21 Å². The van der Waals surface area contributed by atoms with E-state index in [1.165, 1.54) is 17.8 Å². The summed E-state index contributed by atoms with van der Waals surface area (Å²) in [5, 5.41) is 0. The molecule has 0 aromatic carbocycles. The molecule has 0 atom stereocenters. The van der Waals surface area contributed by atoms with E-state index in [0.29, 0.717) is 10.8 Å². The zero-order chi connectivity index (χ0) is 13.9. The standard InChI is InChI=1S/C13H22N2O2S2/c1-2-11-6-7-12(18-11)19(16,17)15-10-13(14)8-4-3-5-9-13/h6-7,15H,2-5,8-10,14H2,1H3. The summed E-state index contributed by atoms with van der Waals surface area (Å²) in [7, 11) is -3.40. The molecule has 0 amide bonds. The molecule has 1 saturated carbocycles. The lowest BCUT2D eigenvalue weighted by molar-refractivity contribution is 0.296. The van der Waals surface area contributed by atoms with E-state index in [0.717, 1.165) is 37.0 Å². The zero-order valence-electron chi connectivity index (χ0n) is 11.3. The number of thiophene rings is 1. The second-order valence-electron chi connectivity index (χ2n) is 5.32. The van der Waals surface area contributed by atoms with Gasteiger partial charge in [-0.2, -0.15) is 0 Å². The number of nitrogens with two attached hydrogens (primary N) is 1. The molecule has 4 nitrogen and oxygen atoms in total. The minimum Gasteiger partial charge on any atom is -0.324 e. The van der Waals surface area contributed by atoms with Gasteiger partial charge in [-0.05, 0) is 31.4 Å². The summed E-state index contributed by atoms with van der Waals surface area (Å²) in [4.78, 5) is 1.08. The van der Waals surface area contributed by atoms with Crippen LogP contribution in [0.15, 0.2) is 16.3 Å². The summed E-state index contributed by atoms with van der Waals surface area (Å²) in [6.45, 7) is 2.36. The Kier molecular flexibility index (Phi) is 4.66. The van der Waals surface area contributed by atoms with Crippen LogP contribution in [0, 0.1) is 0 Å². The Morgan fingerprint density at radius 2 is 2.00 bits per heavy atom. The number of hydrogen-bond donors (Lipinski definition) is 2. The van der Waals surface area contributed by atoms with E-state index in [1.54, 1.807) is 6.07 Å². The molecule has 108 valence electrons. The zero-order valence-corrected chi connectivity index (χ0v) is 12.9. The van der Waals surface area contributed by atoms with Crippen LogP contribution in [0.5, 0.6) is 0 Å². The Morgan fingerprint density at radius 1 is 1.32 bits per heavy atom. The molecule has 0 unspecified atom stereocenters. The van der Waals surface area contributed by atoms with Crippen LogP contribution in [-0.2, 0) is 16.4 Å². The van der Waals surface area contributed by atoms with Crippen LogP contribution in [0.4, 0.5) is 0 Å². The first kappa shape index (κ1) is 15.0. The van der Waals surface area contributed by atoms with Crippen LogP contribution in [0.25, 0.3) is 0 Å². The fraction of sp³-hybridized carbons (Fsp3) is 0.692. The molecule has 1 aromatic rings. The van der Waals surface area contributed by atoms with Crippen molar-refractivity contribution in [3.05, 3.63) is 17.0 Å². The molecule has 1 aliphatic carbocycles. The van der Waals surface area contributed by atoms with E-state index < -0.39 is 10.0 Å². The van der Waals surface area contributed by atoms with Crippen molar-refractivity contribution in [3.63, 3.8) is 0 Å². The molecule has 0 bridgehead atoms. The smallest absolute Gasteiger partial charge is 0.250 e. The van der Waals surface area contributed by atoms with Gasteiger partial charge in [0.2, 0.25) is 10.0 Å². The van der Waals surface area contributed by atoms with Gasteiger partial charge in [-0.1, -0.05) is 26.2 Å². The average molecular weight is 302 g/mol. The highest BCUT2D eigenvalue weighted by Crippen LogP contribution is 2.26. The molecule has 2 rings (SSSR count). The largest absolute Gasteiger partial charge is 0.324 e. The highest BCUT2D eigenvalue weighted by Gasteiger charge is 2.29. The van der Waals surface area contributed by atoms with Crippen molar-refractivity contribution in [2.45, 2.75) is 55.2 Å². The topological polar surface area (TPSA) is 72.2 Å². The van der Waals surface area contributed by atoms with Gasteiger partial charge in [0, 0.05) is 17.0 Å². The molecule has 6 heteroatoms.